The maximum absolute atomic E-state index is 12.8. The molecule has 6 nitrogen and oxygen atoms in total. The first-order chi connectivity index (χ1) is 12.4. The summed E-state index contributed by atoms with van der Waals surface area (Å²) in [6.45, 7) is 2.76. The molecule has 2 aromatic carbocycles. The highest BCUT2D eigenvalue weighted by Crippen LogP contribution is 2.30. The van der Waals surface area contributed by atoms with Gasteiger partial charge in [0.15, 0.2) is 0 Å². The van der Waals surface area contributed by atoms with Gasteiger partial charge in [0, 0.05) is 24.5 Å². The van der Waals surface area contributed by atoms with E-state index in [-0.39, 0.29) is 29.0 Å². The Hall–Kier alpha value is -2.12. The van der Waals surface area contributed by atoms with Crippen LogP contribution in [0, 0.1) is 0 Å². The lowest BCUT2D eigenvalue weighted by Crippen LogP contribution is -2.47. The largest absolute Gasteiger partial charge is 0.506 e. The van der Waals surface area contributed by atoms with E-state index >= 15 is 0 Å². The smallest absolute Gasteiger partial charge is 0.257 e. The summed E-state index contributed by atoms with van der Waals surface area (Å²) in [7, 11) is -3.25. The second kappa shape index (κ2) is 7.63. The van der Waals surface area contributed by atoms with Crippen molar-refractivity contribution in [1.29, 1.82) is 0 Å². The number of fused-ring (bicyclic) bond motifs is 1. The van der Waals surface area contributed by atoms with Gasteiger partial charge in [0.2, 0.25) is 10.0 Å². The van der Waals surface area contributed by atoms with Crippen molar-refractivity contribution in [1.82, 2.24) is 9.62 Å². The van der Waals surface area contributed by atoms with E-state index < -0.39 is 10.0 Å². The van der Waals surface area contributed by atoms with E-state index in [0.29, 0.717) is 37.7 Å². The van der Waals surface area contributed by atoms with Crippen LogP contribution in [0.2, 0.25) is 0 Å². The van der Waals surface area contributed by atoms with Crippen molar-refractivity contribution in [2.45, 2.75) is 32.2 Å². The molecular formula is C19H24N2O4S. The predicted molar refractivity (Wildman–Crippen MR) is 102 cm³/mol. The van der Waals surface area contributed by atoms with Crippen molar-refractivity contribution in [3.05, 3.63) is 42.0 Å². The molecule has 1 aliphatic rings. The van der Waals surface area contributed by atoms with Crippen LogP contribution in [0.25, 0.3) is 10.8 Å². The van der Waals surface area contributed by atoms with E-state index in [0.717, 1.165) is 5.39 Å². The molecule has 0 saturated carbocycles. The quantitative estimate of drug-likeness (QED) is 0.839. The molecule has 1 fully saturated rings. The number of nitrogens with one attached hydrogen (secondary N) is 1. The Kier molecular flexibility index (Phi) is 5.48. The molecule has 0 radical (unpaired) electrons. The lowest BCUT2D eigenvalue weighted by molar-refractivity contribution is 0.0708. The zero-order valence-electron chi connectivity index (χ0n) is 14.8. The number of amides is 1. The lowest BCUT2D eigenvalue weighted by atomic mass is 10.0. The molecule has 3 rings (SSSR count). The molecule has 1 heterocycles. The van der Waals surface area contributed by atoms with Gasteiger partial charge in [0.25, 0.3) is 5.91 Å². The van der Waals surface area contributed by atoms with Gasteiger partial charge in [-0.05, 0) is 30.7 Å². The number of rotatable bonds is 5. The Morgan fingerprint density at radius 1 is 1.19 bits per heavy atom. The fraction of sp³-hybridized carbons (Fsp3) is 0.421. The third kappa shape index (κ3) is 3.99. The van der Waals surface area contributed by atoms with Crippen LogP contribution in [-0.4, -0.2) is 49.2 Å². The van der Waals surface area contributed by atoms with Crippen LogP contribution in [0.4, 0.5) is 0 Å². The van der Waals surface area contributed by atoms with Gasteiger partial charge < -0.3 is 10.0 Å². The number of piperidine rings is 1. The van der Waals surface area contributed by atoms with Gasteiger partial charge in [0.05, 0.1) is 11.3 Å². The molecule has 0 spiro atoms. The summed E-state index contributed by atoms with van der Waals surface area (Å²) in [5.74, 6) is -0.0982. The second-order valence-electron chi connectivity index (χ2n) is 6.69. The molecular weight excluding hydrogens is 352 g/mol. The van der Waals surface area contributed by atoms with Crippen molar-refractivity contribution < 1.29 is 18.3 Å². The first-order valence-electron chi connectivity index (χ1n) is 8.91. The monoisotopic (exact) mass is 376 g/mol. The highest BCUT2D eigenvalue weighted by Gasteiger charge is 2.27. The molecule has 1 aliphatic heterocycles. The number of aromatic hydroxyl groups is 1. The highest BCUT2D eigenvalue weighted by molar-refractivity contribution is 7.89. The molecule has 0 atom stereocenters. The number of phenolic OH excluding ortho intramolecular Hbond substituents is 1. The summed E-state index contributed by atoms with van der Waals surface area (Å²) in [5.41, 5.74) is 0.286. The first-order valence-corrected chi connectivity index (χ1v) is 10.6. The molecule has 7 heteroatoms. The highest BCUT2D eigenvalue weighted by atomic mass is 32.2. The van der Waals surface area contributed by atoms with Crippen LogP contribution in [0.15, 0.2) is 36.4 Å². The van der Waals surface area contributed by atoms with Crippen molar-refractivity contribution in [2.24, 2.45) is 0 Å². The third-order valence-electron chi connectivity index (χ3n) is 4.73. The van der Waals surface area contributed by atoms with Crippen molar-refractivity contribution >= 4 is 26.7 Å². The topological polar surface area (TPSA) is 86.7 Å². The van der Waals surface area contributed by atoms with E-state index in [1.165, 1.54) is 0 Å². The van der Waals surface area contributed by atoms with Crippen LogP contribution in [0.3, 0.4) is 0 Å². The normalized spacial score (nSPS) is 16.1. The number of hydrogen-bond donors (Lipinski definition) is 2. The van der Waals surface area contributed by atoms with Gasteiger partial charge in [-0.15, -0.1) is 0 Å². The van der Waals surface area contributed by atoms with Crippen molar-refractivity contribution in [2.75, 3.05) is 18.8 Å². The fourth-order valence-electron chi connectivity index (χ4n) is 3.38. The van der Waals surface area contributed by atoms with Gasteiger partial charge in [-0.1, -0.05) is 37.3 Å². The summed E-state index contributed by atoms with van der Waals surface area (Å²) < 4.78 is 26.5. The van der Waals surface area contributed by atoms with Crippen molar-refractivity contribution in [3.63, 3.8) is 0 Å². The maximum atomic E-state index is 12.8. The molecule has 0 aliphatic carbocycles. The standard InChI is InChI=1S/C19H24N2O4S/c1-2-13-26(24,25)20-15-9-11-21(12-10-15)19(23)17-8-7-14-5-3-4-6-16(14)18(17)22/h3-8,15,20,22H,2,9-13H2,1H3. The molecule has 1 amide bonds. The minimum Gasteiger partial charge on any atom is -0.506 e. The number of likely N-dealkylation sites (tertiary alicyclic amines) is 1. The summed E-state index contributed by atoms with van der Waals surface area (Å²) in [4.78, 5) is 14.5. The zero-order chi connectivity index (χ0) is 18.7. The molecule has 2 aromatic rings. The average Bonchev–Trinajstić information content (AvgIpc) is 2.62. The van der Waals surface area contributed by atoms with E-state index in [2.05, 4.69) is 4.72 Å². The molecule has 0 bridgehead atoms. The first kappa shape index (κ1) is 18.7. The van der Waals surface area contributed by atoms with Crippen LogP contribution in [0.1, 0.15) is 36.5 Å². The van der Waals surface area contributed by atoms with Crippen LogP contribution >= 0.6 is 0 Å². The second-order valence-corrected chi connectivity index (χ2v) is 8.56. The van der Waals surface area contributed by atoms with Gasteiger partial charge in [-0.2, -0.15) is 0 Å². The van der Waals surface area contributed by atoms with Gasteiger partial charge in [-0.3, -0.25) is 4.79 Å². The number of nitrogens with zero attached hydrogens (tertiary/aromatic N) is 1. The Morgan fingerprint density at radius 3 is 2.58 bits per heavy atom. The molecule has 0 unspecified atom stereocenters. The van der Waals surface area contributed by atoms with E-state index in [1.54, 1.807) is 17.0 Å². The maximum Gasteiger partial charge on any atom is 0.257 e. The van der Waals surface area contributed by atoms with Crippen molar-refractivity contribution in [3.8, 4) is 5.75 Å². The zero-order valence-corrected chi connectivity index (χ0v) is 15.6. The van der Waals surface area contributed by atoms with E-state index in [9.17, 15) is 18.3 Å². The van der Waals surface area contributed by atoms with Crippen LogP contribution in [0.5, 0.6) is 5.75 Å². The Bertz CT molecular complexity index is 903. The van der Waals surface area contributed by atoms with Gasteiger partial charge >= 0.3 is 0 Å². The Balaban J connectivity index is 1.68. The molecule has 1 saturated heterocycles. The van der Waals surface area contributed by atoms with E-state index in [4.69, 9.17) is 0 Å². The van der Waals surface area contributed by atoms with Crippen LogP contribution in [-0.2, 0) is 10.0 Å². The predicted octanol–water partition coefficient (Wildman–Crippen LogP) is 2.48. The molecule has 26 heavy (non-hydrogen) atoms. The number of benzene rings is 2. The minimum atomic E-state index is -3.25. The SMILES string of the molecule is CCCS(=O)(=O)NC1CCN(C(=O)c2ccc3ccccc3c2O)CC1. The molecule has 2 N–H and O–H groups in total. The van der Waals surface area contributed by atoms with Crippen LogP contribution < -0.4 is 4.72 Å². The minimum absolute atomic E-state index is 0.00104. The third-order valence-corrected chi connectivity index (χ3v) is 6.37. The van der Waals surface area contributed by atoms with Gasteiger partial charge in [0.1, 0.15) is 5.75 Å². The number of hydrogen-bond acceptors (Lipinski definition) is 4. The molecule has 0 aromatic heterocycles. The number of phenols is 1. The number of sulfonamides is 1. The summed E-state index contributed by atoms with van der Waals surface area (Å²) in [5, 5.41) is 12.0. The summed E-state index contributed by atoms with van der Waals surface area (Å²) >= 11 is 0. The fourth-order valence-corrected chi connectivity index (χ4v) is 4.78. The average molecular weight is 376 g/mol. The Morgan fingerprint density at radius 2 is 1.88 bits per heavy atom. The molecule has 140 valence electrons. The number of carbonyl (C=O) groups is 1. The van der Waals surface area contributed by atoms with Gasteiger partial charge in [-0.25, -0.2) is 13.1 Å². The van der Waals surface area contributed by atoms with E-state index in [1.807, 2.05) is 31.2 Å². The summed E-state index contributed by atoms with van der Waals surface area (Å²) in [6, 6.07) is 10.7. The summed E-state index contributed by atoms with van der Waals surface area (Å²) in [6.07, 6.45) is 1.72. The number of carbonyl (C=O) groups excluding carboxylic acids is 1. The Labute approximate surface area is 153 Å². The lowest BCUT2D eigenvalue weighted by Gasteiger charge is -2.32.